The van der Waals surface area contributed by atoms with Crippen LogP contribution in [0.1, 0.15) is 29.7 Å². The number of benzene rings is 2. The van der Waals surface area contributed by atoms with E-state index in [9.17, 15) is 13.6 Å². The zero-order valence-electron chi connectivity index (χ0n) is 14.3. The molecule has 0 radical (unpaired) electrons. The predicted octanol–water partition coefficient (Wildman–Crippen LogP) is 4.05. The van der Waals surface area contributed by atoms with Crippen molar-refractivity contribution in [2.45, 2.75) is 38.1 Å². The highest BCUT2D eigenvalue weighted by Gasteiger charge is 2.23. The van der Waals surface area contributed by atoms with Crippen molar-refractivity contribution in [3.8, 4) is 0 Å². The lowest BCUT2D eigenvalue weighted by Crippen LogP contribution is -2.38. The highest BCUT2D eigenvalue weighted by Crippen LogP contribution is 2.29. The molecule has 1 unspecified atom stereocenters. The highest BCUT2D eigenvalue weighted by atomic mass is 19.1. The normalized spacial score (nSPS) is 16.5. The second-order valence-electron chi connectivity index (χ2n) is 6.91. The maximum Gasteiger partial charge on any atom is 0.220 e. The van der Waals surface area contributed by atoms with Gasteiger partial charge in [0.05, 0.1) is 0 Å². The predicted molar refractivity (Wildman–Crippen MR) is 96.9 cm³/mol. The number of fused-ring (bicyclic) bond motifs is 3. The van der Waals surface area contributed by atoms with Crippen LogP contribution in [-0.2, 0) is 24.1 Å². The van der Waals surface area contributed by atoms with Crippen LogP contribution in [-0.4, -0.2) is 16.9 Å². The first-order chi connectivity index (χ1) is 12.6. The molecule has 1 amide bonds. The Bertz CT molecular complexity index is 964. The average molecular weight is 354 g/mol. The Labute approximate surface area is 150 Å². The molecule has 0 saturated carbocycles. The maximum absolute atomic E-state index is 13.6. The third kappa shape index (κ3) is 3.47. The van der Waals surface area contributed by atoms with Crippen molar-refractivity contribution in [1.82, 2.24) is 10.3 Å². The quantitative estimate of drug-likeness (QED) is 0.729. The van der Waals surface area contributed by atoms with Gasteiger partial charge in [-0.3, -0.25) is 4.79 Å². The minimum absolute atomic E-state index is 0.0336. The number of aromatic nitrogens is 1. The number of amides is 1. The van der Waals surface area contributed by atoms with Crippen molar-refractivity contribution < 1.29 is 13.6 Å². The molecule has 2 N–H and O–H groups in total. The molecule has 2 aromatic carbocycles. The standard InChI is InChI=1S/C21H20F2N2O/c22-14-3-1-2-13(10-14)4-9-21(26)24-16-6-8-20-18(12-16)17-11-15(23)5-7-19(17)25-20/h1-3,5,7,10-11,16,25H,4,6,8-9,12H2,(H,24,26). The van der Waals surface area contributed by atoms with Gasteiger partial charge in [-0.05, 0) is 67.1 Å². The number of aromatic amines is 1. The molecule has 3 aromatic rings. The molecule has 1 atom stereocenters. The van der Waals surface area contributed by atoms with Gasteiger partial charge in [-0.25, -0.2) is 8.78 Å². The summed E-state index contributed by atoms with van der Waals surface area (Å²) in [5.74, 6) is -0.566. The van der Waals surface area contributed by atoms with Gasteiger partial charge in [0.15, 0.2) is 0 Å². The van der Waals surface area contributed by atoms with Gasteiger partial charge >= 0.3 is 0 Å². The summed E-state index contributed by atoms with van der Waals surface area (Å²) >= 11 is 0. The molecule has 0 spiro atoms. The van der Waals surface area contributed by atoms with Gasteiger partial charge in [-0.1, -0.05) is 12.1 Å². The molecule has 1 aromatic heterocycles. The Kier molecular flexibility index (Phi) is 4.45. The Morgan fingerprint density at radius 3 is 2.85 bits per heavy atom. The smallest absolute Gasteiger partial charge is 0.220 e. The highest BCUT2D eigenvalue weighted by molar-refractivity contribution is 5.85. The van der Waals surface area contributed by atoms with Gasteiger partial charge in [-0.2, -0.15) is 0 Å². The lowest BCUT2D eigenvalue weighted by Gasteiger charge is -2.23. The molecule has 5 heteroatoms. The van der Waals surface area contributed by atoms with E-state index in [1.807, 2.05) is 6.07 Å². The van der Waals surface area contributed by atoms with Gasteiger partial charge in [-0.15, -0.1) is 0 Å². The number of hydrogen-bond acceptors (Lipinski definition) is 1. The molecule has 1 aliphatic rings. The van der Waals surface area contributed by atoms with E-state index in [1.165, 1.54) is 18.2 Å². The molecule has 1 heterocycles. The molecule has 0 saturated heterocycles. The number of nitrogens with one attached hydrogen (secondary N) is 2. The van der Waals surface area contributed by atoms with Crippen molar-refractivity contribution in [3.63, 3.8) is 0 Å². The van der Waals surface area contributed by atoms with E-state index >= 15 is 0 Å². The van der Waals surface area contributed by atoms with E-state index < -0.39 is 0 Å². The molecular weight excluding hydrogens is 334 g/mol. The third-order valence-electron chi connectivity index (χ3n) is 5.04. The van der Waals surface area contributed by atoms with Crippen LogP contribution in [0, 0.1) is 11.6 Å². The van der Waals surface area contributed by atoms with Crippen LogP contribution in [0.25, 0.3) is 10.9 Å². The van der Waals surface area contributed by atoms with Crippen LogP contribution in [0.15, 0.2) is 42.5 Å². The summed E-state index contributed by atoms with van der Waals surface area (Å²) in [7, 11) is 0. The summed E-state index contributed by atoms with van der Waals surface area (Å²) < 4.78 is 26.8. The molecular formula is C21H20F2N2O. The van der Waals surface area contributed by atoms with Gasteiger partial charge < -0.3 is 10.3 Å². The fourth-order valence-corrected chi connectivity index (χ4v) is 3.76. The van der Waals surface area contributed by atoms with Crippen LogP contribution in [0.3, 0.4) is 0 Å². The van der Waals surface area contributed by atoms with Crippen LogP contribution < -0.4 is 5.32 Å². The Hall–Kier alpha value is -2.69. The van der Waals surface area contributed by atoms with E-state index in [4.69, 9.17) is 0 Å². The van der Waals surface area contributed by atoms with E-state index in [2.05, 4.69) is 10.3 Å². The number of aryl methyl sites for hydroxylation is 2. The summed E-state index contributed by atoms with van der Waals surface area (Å²) in [6.07, 6.45) is 3.23. The summed E-state index contributed by atoms with van der Waals surface area (Å²) in [5, 5.41) is 3.97. The van der Waals surface area contributed by atoms with Gasteiger partial charge in [0.25, 0.3) is 0 Å². The van der Waals surface area contributed by atoms with Crippen molar-refractivity contribution in [2.75, 3.05) is 0 Å². The molecule has 0 aliphatic heterocycles. The molecule has 3 nitrogen and oxygen atoms in total. The van der Waals surface area contributed by atoms with Crippen molar-refractivity contribution >= 4 is 16.8 Å². The van der Waals surface area contributed by atoms with Gasteiger partial charge in [0.1, 0.15) is 11.6 Å². The van der Waals surface area contributed by atoms with Crippen molar-refractivity contribution in [3.05, 3.63) is 70.9 Å². The van der Waals surface area contributed by atoms with Crippen LogP contribution in [0.4, 0.5) is 8.78 Å². The zero-order chi connectivity index (χ0) is 18.1. The lowest BCUT2D eigenvalue weighted by atomic mass is 9.91. The van der Waals surface area contributed by atoms with Crippen molar-refractivity contribution in [1.29, 1.82) is 0 Å². The van der Waals surface area contributed by atoms with E-state index in [0.717, 1.165) is 40.6 Å². The minimum atomic E-state index is -0.283. The van der Waals surface area contributed by atoms with Crippen LogP contribution in [0.5, 0.6) is 0 Å². The zero-order valence-corrected chi connectivity index (χ0v) is 14.3. The average Bonchev–Trinajstić information content (AvgIpc) is 2.97. The molecule has 1 aliphatic carbocycles. The molecule has 0 fully saturated rings. The summed E-state index contributed by atoms with van der Waals surface area (Å²) in [6, 6.07) is 11.1. The number of carbonyl (C=O) groups is 1. The summed E-state index contributed by atoms with van der Waals surface area (Å²) in [4.78, 5) is 15.6. The van der Waals surface area contributed by atoms with Crippen LogP contribution >= 0.6 is 0 Å². The van der Waals surface area contributed by atoms with Gasteiger partial charge in [0.2, 0.25) is 5.91 Å². The number of halogens is 2. The minimum Gasteiger partial charge on any atom is -0.358 e. The molecule has 0 bridgehead atoms. The molecule has 26 heavy (non-hydrogen) atoms. The topological polar surface area (TPSA) is 44.9 Å². The summed E-state index contributed by atoms with van der Waals surface area (Å²) in [6.45, 7) is 0. The maximum atomic E-state index is 13.6. The number of H-pyrrole nitrogens is 1. The third-order valence-corrected chi connectivity index (χ3v) is 5.04. The van der Waals surface area contributed by atoms with E-state index in [-0.39, 0.29) is 23.6 Å². The lowest BCUT2D eigenvalue weighted by molar-refractivity contribution is -0.121. The summed E-state index contributed by atoms with van der Waals surface area (Å²) in [5.41, 5.74) is 3.99. The largest absolute Gasteiger partial charge is 0.358 e. The van der Waals surface area contributed by atoms with E-state index in [0.29, 0.717) is 19.3 Å². The fourth-order valence-electron chi connectivity index (χ4n) is 3.76. The number of hydrogen-bond donors (Lipinski definition) is 2. The second-order valence-corrected chi connectivity index (χ2v) is 6.91. The number of carbonyl (C=O) groups excluding carboxylic acids is 1. The first kappa shape index (κ1) is 16.8. The number of rotatable bonds is 4. The Morgan fingerprint density at radius 2 is 2.00 bits per heavy atom. The monoisotopic (exact) mass is 354 g/mol. The fraction of sp³-hybridized carbons (Fsp3) is 0.286. The Morgan fingerprint density at radius 1 is 1.15 bits per heavy atom. The Balaban J connectivity index is 1.40. The SMILES string of the molecule is O=C(CCc1cccc(F)c1)NC1CCc2[nH]c3ccc(F)cc3c2C1. The first-order valence-electron chi connectivity index (χ1n) is 8.91. The van der Waals surface area contributed by atoms with Gasteiger partial charge in [0, 0.05) is 29.1 Å². The second kappa shape index (κ2) is 6.90. The first-order valence-corrected chi connectivity index (χ1v) is 8.91. The molecule has 4 rings (SSSR count). The van der Waals surface area contributed by atoms with Crippen LogP contribution in [0.2, 0.25) is 0 Å². The van der Waals surface area contributed by atoms with Crippen molar-refractivity contribution in [2.24, 2.45) is 0 Å². The van der Waals surface area contributed by atoms with E-state index in [1.54, 1.807) is 18.2 Å². The molecule has 134 valence electrons.